The Kier molecular flexibility index (Phi) is 6.18. The summed E-state index contributed by atoms with van der Waals surface area (Å²) in [5.41, 5.74) is 6.05. The fourth-order valence-corrected chi connectivity index (χ4v) is 2.67. The molecule has 2 rings (SSSR count). The van der Waals surface area contributed by atoms with E-state index >= 15 is 0 Å². The third kappa shape index (κ3) is 4.19. The predicted molar refractivity (Wildman–Crippen MR) is 85.0 cm³/mol. The Balaban J connectivity index is 2.04. The van der Waals surface area contributed by atoms with E-state index in [0.29, 0.717) is 44.0 Å². The summed E-state index contributed by atoms with van der Waals surface area (Å²) >= 11 is 0. The van der Waals surface area contributed by atoms with Crippen LogP contribution in [0.3, 0.4) is 0 Å². The summed E-state index contributed by atoms with van der Waals surface area (Å²) in [6, 6.07) is 7.42. The molecule has 1 aromatic carbocycles. The molecule has 0 bridgehead atoms. The molecule has 1 aromatic rings. The molecule has 0 saturated carbocycles. The van der Waals surface area contributed by atoms with Crippen LogP contribution in [0.1, 0.15) is 16.8 Å². The van der Waals surface area contributed by atoms with Crippen LogP contribution in [0.15, 0.2) is 24.3 Å². The molecule has 1 amide bonds. The predicted octanol–water partition coefficient (Wildman–Crippen LogP) is 0.163. The minimum atomic E-state index is 0.00855. The summed E-state index contributed by atoms with van der Waals surface area (Å²) in [4.78, 5) is 16.7. The number of benzene rings is 1. The van der Waals surface area contributed by atoms with Crippen molar-refractivity contribution in [3.63, 3.8) is 0 Å². The molecule has 0 unspecified atom stereocenters. The van der Waals surface area contributed by atoms with Gasteiger partial charge in [0.1, 0.15) is 12.4 Å². The highest BCUT2D eigenvalue weighted by Crippen LogP contribution is 2.18. The largest absolute Gasteiger partial charge is 0.492 e. The van der Waals surface area contributed by atoms with E-state index in [2.05, 4.69) is 4.90 Å². The lowest BCUT2D eigenvalue weighted by Gasteiger charge is -2.39. The molecule has 1 heterocycles. The van der Waals surface area contributed by atoms with Crippen molar-refractivity contribution in [3.05, 3.63) is 29.8 Å². The monoisotopic (exact) mass is 307 g/mol. The Labute approximate surface area is 131 Å². The van der Waals surface area contributed by atoms with Crippen LogP contribution < -0.4 is 10.5 Å². The molecule has 0 spiro atoms. The maximum absolute atomic E-state index is 12.6. The number of carbonyl (C=O) groups is 1. The molecule has 6 heteroatoms. The molecule has 1 atom stereocenters. The standard InChI is InChI=1S/C16H25N3O3/c1-18-7-8-19(12-14(18)5-9-20)16(21)13-3-2-4-15(11-13)22-10-6-17/h2-4,11,14,20H,5-10,12,17H2,1H3/t14-/m0/s1. The van der Waals surface area contributed by atoms with Crippen LogP contribution in [-0.4, -0.2) is 73.3 Å². The van der Waals surface area contributed by atoms with Gasteiger partial charge in [-0.3, -0.25) is 9.69 Å². The number of hydrogen-bond acceptors (Lipinski definition) is 5. The fourth-order valence-electron chi connectivity index (χ4n) is 2.67. The number of rotatable bonds is 6. The van der Waals surface area contributed by atoms with E-state index < -0.39 is 0 Å². The molecule has 122 valence electrons. The van der Waals surface area contributed by atoms with E-state index in [9.17, 15) is 4.79 Å². The van der Waals surface area contributed by atoms with Crippen LogP contribution in [0.2, 0.25) is 0 Å². The van der Waals surface area contributed by atoms with Crippen LogP contribution in [0.4, 0.5) is 0 Å². The molecule has 1 fully saturated rings. The van der Waals surface area contributed by atoms with Crippen molar-refractivity contribution < 1.29 is 14.6 Å². The fraction of sp³-hybridized carbons (Fsp3) is 0.562. The smallest absolute Gasteiger partial charge is 0.254 e. The van der Waals surface area contributed by atoms with E-state index in [1.165, 1.54) is 0 Å². The van der Waals surface area contributed by atoms with Gasteiger partial charge in [-0.05, 0) is 31.7 Å². The normalized spacial score (nSPS) is 19.2. The van der Waals surface area contributed by atoms with Gasteiger partial charge in [0.2, 0.25) is 0 Å². The summed E-state index contributed by atoms with van der Waals surface area (Å²) in [7, 11) is 2.03. The molecule has 0 radical (unpaired) electrons. The first-order valence-corrected chi connectivity index (χ1v) is 7.69. The van der Waals surface area contributed by atoms with Gasteiger partial charge < -0.3 is 20.5 Å². The van der Waals surface area contributed by atoms with Crippen LogP contribution in [0.25, 0.3) is 0 Å². The van der Waals surface area contributed by atoms with E-state index in [1.807, 2.05) is 24.1 Å². The van der Waals surface area contributed by atoms with Gasteiger partial charge in [0.15, 0.2) is 0 Å². The van der Waals surface area contributed by atoms with Crippen molar-refractivity contribution in [2.24, 2.45) is 5.73 Å². The Morgan fingerprint density at radius 2 is 2.27 bits per heavy atom. The first-order valence-electron chi connectivity index (χ1n) is 7.69. The summed E-state index contributed by atoms with van der Waals surface area (Å²) in [6.07, 6.45) is 0.680. The summed E-state index contributed by atoms with van der Waals surface area (Å²) in [5.74, 6) is 0.673. The highest BCUT2D eigenvalue weighted by atomic mass is 16.5. The zero-order valence-electron chi connectivity index (χ0n) is 13.1. The lowest BCUT2D eigenvalue weighted by Crippen LogP contribution is -2.53. The number of likely N-dealkylation sites (N-methyl/N-ethyl adjacent to an activating group) is 1. The zero-order chi connectivity index (χ0) is 15.9. The highest BCUT2D eigenvalue weighted by molar-refractivity contribution is 5.94. The van der Waals surface area contributed by atoms with Gasteiger partial charge in [-0.2, -0.15) is 0 Å². The average Bonchev–Trinajstić information content (AvgIpc) is 2.55. The molecule has 1 saturated heterocycles. The highest BCUT2D eigenvalue weighted by Gasteiger charge is 2.27. The molecular formula is C16H25N3O3. The van der Waals surface area contributed by atoms with Gasteiger partial charge in [0.05, 0.1) is 0 Å². The van der Waals surface area contributed by atoms with E-state index in [0.717, 1.165) is 6.54 Å². The van der Waals surface area contributed by atoms with E-state index in [4.69, 9.17) is 15.6 Å². The number of nitrogens with two attached hydrogens (primary N) is 1. The van der Waals surface area contributed by atoms with Gasteiger partial charge in [-0.25, -0.2) is 0 Å². The van der Waals surface area contributed by atoms with Crippen LogP contribution >= 0.6 is 0 Å². The molecular weight excluding hydrogens is 282 g/mol. The number of aliphatic hydroxyl groups is 1. The molecule has 6 nitrogen and oxygen atoms in total. The number of carbonyl (C=O) groups excluding carboxylic acids is 1. The lowest BCUT2D eigenvalue weighted by molar-refractivity contribution is 0.0500. The van der Waals surface area contributed by atoms with E-state index in [1.54, 1.807) is 12.1 Å². The first kappa shape index (κ1) is 16.7. The zero-order valence-corrected chi connectivity index (χ0v) is 13.1. The molecule has 3 N–H and O–H groups in total. The number of aliphatic hydroxyl groups excluding tert-OH is 1. The summed E-state index contributed by atoms with van der Waals surface area (Å²) in [6.45, 7) is 3.18. The number of amides is 1. The molecule has 0 aromatic heterocycles. The third-order valence-electron chi connectivity index (χ3n) is 3.99. The van der Waals surface area contributed by atoms with Crippen molar-refractivity contribution in [2.45, 2.75) is 12.5 Å². The van der Waals surface area contributed by atoms with E-state index in [-0.39, 0.29) is 18.6 Å². The molecule has 22 heavy (non-hydrogen) atoms. The minimum absolute atomic E-state index is 0.00855. The molecule has 1 aliphatic rings. The summed E-state index contributed by atoms with van der Waals surface area (Å²) in [5, 5.41) is 9.14. The van der Waals surface area contributed by atoms with Crippen molar-refractivity contribution in [3.8, 4) is 5.75 Å². The van der Waals surface area contributed by atoms with Gasteiger partial charge >= 0.3 is 0 Å². The quantitative estimate of drug-likeness (QED) is 0.783. The average molecular weight is 307 g/mol. The topological polar surface area (TPSA) is 79.0 Å². The second-order valence-electron chi connectivity index (χ2n) is 5.56. The maximum Gasteiger partial charge on any atom is 0.254 e. The van der Waals surface area contributed by atoms with Crippen molar-refractivity contribution in [1.29, 1.82) is 0 Å². The molecule has 1 aliphatic heterocycles. The number of hydrogen-bond donors (Lipinski definition) is 2. The minimum Gasteiger partial charge on any atom is -0.492 e. The Bertz CT molecular complexity index is 495. The van der Waals surface area contributed by atoms with Crippen LogP contribution in [0, 0.1) is 0 Å². The van der Waals surface area contributed by atoms with Crippen LogP contribution in [0.5, 0.6) is 5.75 Å². The van der Waals surface area contributed by atoms with Crippen molar-refractivity contribution in [1.82, 2.24) is 9.80 Å². The van der Waals surface area contributed by atoms with Gasteiger partial charge in [-0.15, -0.1) is 0 Å². The van der Waals surface area contributed by atoms with Gasteiger partial charge in [0, 0.05) is 44.4 Å². The van der Waals surface area contributed by atoms with Gasteiger partial charge in [-0.1, -0.05) is 6.07 Å². The Morgan fingerprint density at radius 3 is 3.00 bits per heavy atom. The Morgan fingerprint density at radius 1 is 1.45 bits per heavy atom. The van der Waals surface area contributed by atoms with Crippen LogP contribution in [-0.2, 0) is 0 Å². The SMILES string of the molecule is CN1CCN(C(=O)c2cccc(OCCN)c2)C[C@@H]1CCO. The van der Waals surface area contributed by atoms with Gasteiger partial charge in [0.25, 0.3) is 5.91 Å². The Hall–Kier alpha value is -1.63. The second-order valence-corrected chi connectivity index (χ2v) is 5.56. The lowest BCUT2D eigenvalue weighted by atomic mass is 10.1. The molecule has 0 aliphatic carbocycles. The maximum atomic E-state index is 12.6. The number of ether oxygens (including phenoxy) is 1. The third-order valence-corrected chi connectivity index (χ3v) is 3.99. The number of nitrogens with zero attached hydrogens (tertiary/aromatic N) is 2. The summed E-state index contributed by atoms with van der Waals surface area (Å²) < 4.78 is 5.47. The second kappa shape index (κ2) is 8.12. The van der Waals surface area contributed by atoms with Crippen molar-refractivity contribution in [2.75, 3.05) is 46.4 Å². The first-order chi connectivity index (χ1) is 10.7. The van der Waals surface area contributed by atoms with Crippen molar-refractivity contribution >= 4 is 5.91 Å². The number of piperazine rings is 1.